The number of rotatable bonds is 1. The van der Waals surface area contributed by atoms with E-state index >= 15 is 0 Å². The zero-order chi connectivity index (χ0) is 7.78. The Hall–Kier alpha value is -0.770. The van der Waals surface area contributed by atoms with Crippen molar-refractivity contribution in [2.45, 2.75) is 27.2 Å². The number of nitriles is 1. The standard InChI is InChI=1S/C9H13N/c1-7(6-10)4-8-5-9(8,2)3/h4,8H,5H2,1-3H3/b7-4+. The van der Waals surface area contributed by atoms with Crippen LogP contribution in [0.3, 0.4) is 0 Å². The quantitative estimate of drug-likeness (QED) is 0.507. The van der Waals surface area contributed by atoms with Crippen LogP contribution in [0.25, 0.3) is 0 Å². The Morgan fingerprint density at radius 1 is 1.70 bits per heavy atom. The molecule has 0 N–H and O–H groups in total. The van der Waals surface area contributed by atoms with Crippen LogP contribution in [0.15, 0.2) is 11.6 Å². The fourth-order valence-corrected chi connectivity index (χ4v) is 1.13. The first-order valence-corrected chi connectivity index (χ1v) is 3.65. The van der Waals surface area contributed by atoms with Crippen molar-refractivity contribution in [1.82, 2.24) is 0 Å². The molecule has 1 aliphatic carbocycles. The van der Waals surface area contributed by atoms with E-state index in [2.05, 4.69) is 26.0 Å². The van der Waals surface area contributed by atoms with Crippen LogP contribution in [0.4, 0.5) is 0 Å². The molecule has 0 aromatic heterocycles. The summed E-state index contributed by atoms with van der Waals surface area (Å²) in [6.45, 7) is 6.34. The minimum absolute atomic E-state index is 0.470. The summed E-state index contributed by atoms with van der Waals surface area (Å²) < 4.78 is 0. The molecule has 54 valence electrons. The van der Waals surface area contributed by atoms with E-state index in [0.29, 0.717) is 11.3 Å². The maximum atomic E-state index is 8.46. The zero-order valence-electron chi connectivity index (χ0n) is 6.81. The second-order valence-corrected chi connectivity index (χ2v) is 3.76. The molecule has 1 saturated carbocycles. The van der Waals surface area contributed by atoms with E-state index in [-0.39, 0.29) is 0 Å². The third kappa shape index (κ3) is 1.39. The van der Waals surface area contributed by atoms with Crippen LogP contribution in [-0.4, -0.2) is 0 Å². The van der Waals surface area contributed by atoms with Gasteiger partial charge in [0.05, 0.1) is 6.07 Å². The summed E-state index contributed by atoms with van der Waals surface area (Å²) in [5, 5.41) is 8.46. The van der Waals surface area contributed by atoms with Gasteiger partial charge in [-0.2, -0.15) is 5.26 Å². The molecule has 0 aromatic rings. The van der Waals surface area contributed by atoms with Crippen LogP contribution < -0.4 is 0 Å². The maximum Gasteiger partial charge on any atom is 0.0940 e. The van der Waals surface area contributed by atoms with E-state index in [1.807, 2.05) is 6.92 Å². The van der Waals surface area contributed by atoms with Gasteiger partial charge in [0.25, 0.3) is 0 Å². The molecular weight excluding hydrogens is 122 g/mol. The first-order valence-electron chi connectivity index (χ1n) is 3.65. The summed E-state index contributed by atoms with van der Waals surface area (Å²) >= 11 is 0. The highest BCUT2D eigenvalue weighted by atomic mass is 14.5. The Balaban J connectivity index is 2.52. The van der Waals surface area contributed by atoms with Crippen LogP contribution >= 0.6 is 0 Å². The molecule has 1 aliphatic rings. The topological polar surface area (TPSA) is 23.8 Å². The largest absolute Gasteiger partial charge is 0.193 e. The lowest BCUT2D eigenvalue weighted by Crippen LogP contribution is -1.86. The van der Waals surface area contributed by atoms with Gasteiger partial charge >= 0.3 is 0 Å². The molecule has 0 radical (unpaired) electrons. The van der Waals surface area contributed by atoms with E-state index in [1.54, 1.807) is 0 Å². The zero-order valence-corrected chi connectivity index (χ0v) is 6.81. The lowest BCUT2D eigenvalue weighted by atomic mass is 10.1. The van der Waals surface area contributed by atoms with Crippen molar-refractivity contribution in [3.63, 3.8) is 0 Å². The van der Waals surface area contributed by atoms with Gasteiger partial charge in [0.1, 0.15) is 0 Å². The molecule has 1 nitrogen and oxygen atoms in total. The first-order chi connectivity index (χ1) is 4.56. The van der Waals surface area contributed by atoms with Crippen molar-refractivity contribution in [3.8, 4) is 6.07 Å². The van der Waals surface area contributed by atoms with E-state index in [0.717, 1.165) is 5.57 Å². The number of hydrogen-bond donors (Lipinski definition) is 0. The molecule has 1 rings (SSSR count). The Morgan fingerprint density at radius 3 is 2.50 bits per heavy atom. The van der Waals surface area contributed by atoms with Gasteiger partial charge in [-0.1, -0.05) is 19.9 Å². The van der Waals surface area contributed by atoms with E-state index in [1.165, 1.54) is 6.42 Å². The normalized spacial score (nSPS) is 29.4. The third-order valence-electron chi connectivity index (χ3n) is 2.22. The van der Waals surface area contributed by atoms with Crippen molar-refractivity contribution < 1.29 is 0 Å². The summed E-state index contributed by atoms with van der Waals surface area (Å²) in [5.41, 5.74) is 1.33. The number of nitrogens with zero attached hydrogens (tertiary/aromatic N) is 1. The Labute approximate surface area is 62.4 Å². The van der Waals surface area contributed by atoms with Crippen LogP contribution in [0.1, 0.15) is 27.2 Å². The molecule has 0 spiro atoms. The predicted octanol–water partition coefficient (Wildman–Crippen LogP) is 2.50. The fourth-order valence-electron chi connectivity index (χ4n) is 1.13. The molecular formula is C9H13N. The van der Waals surface area contributed by atoms with E-state index in [4.69, 9.17) is 5.26 Å². The van der Waals surface area contributed by atoms with E-state index < -0.39 is 0 Å². The van der Waals surface area contributed by atoms with Crippen molar-refractivity contribution in [2.75, 3.05) is 0 Å². The summed E-state index contributed by atoms with van der Waals surface area (Å²) in [6, 6.07) is 2.14. The van der Waals surface area contributed by atoms with Gasteiger partial charge < -0.3 is 0 Å². The van der Waals surface area contributed by atoms with Gasteiger partial charge in [0.15, 0.2) is 0 Å². The van der Waals surface area contributed by atoms with Crippen LogP contribution in [0.5, 0.6) is 0 Å². The monoisotopic (exact) mass is 135 g/mol. The van der Waals surface area contributed by atoms with Crippen LogP contribution in [-0.2, 0) is 0 Å². The molecule has 0 saturated heterocycles. The molecule has 0 aromatic carbocycles. The van der Waals surface area contributed by atoms with Crippen LogP contribution in [0, 0.1) is 22.7 Å². The molecule has 10 heavy (non-hydrogen) atoms. The minimum Gasteiger partial charge on any atom is -0.193 e. The highest BCUT2D eigenvalue weighted by molar-refractivity contribution is 5.22. The minimum atomic E-state index is 0.470. The molecule has 0 amide bonds. The average molecular weight is 135 g/mol. The number of hydrogen-bond acceptors (Lipinski definition) is 1. The predicted molar refractivity (Wildman–Crippen MR) is 41.3 cm³/mol. The summed E-state index contributed by atoms with van der Waals surface area (Å²) in [6.07, 6.45) is 3.33. The average Bonchev–Trinajstić information content (AvgIpc) is 2.40. The Bertz CT molecular complexity index is 205. The second-order valence-electron chi connectivity index (χ2n) is 3.76. The molecule has 1 atom stereocenters. The second kappa shape index (κ2) is 2.12. The van der Waals surface area contributed by atoms with Crippen molar-refractivity contribution in [1.29, 1.82) is 5.26 Å². The molecule has 1 unspecified atom stereocenters. The van der Waals surface area contributed by atoms with E-state index in [9.17, 15) is 0 Å². The Morgan fingerprint density at radius 2 is 2.20 bits per heavy atom. The van der Waals surface area contributed by atoms with Gasteiger partial charge in [0, 0.05) is 5.57 Å². The van der Waals surface area contributed by atoms with Gasteiger partial charge in [-0.15, -0.1) is 0 Å². The lowest BCUT2D eigenvalue weighted by molar-refractivity contribution is 0.609. The maximum absolute atomic E-state index is 8.46. The van der Waals surface area contributed by atoms with Crippen molar-refractivity contribution in [3.05, 3.63) is 11.6 Å². The fraction of sp³-hybridized carbons (Fsp3) is 0.667. The molecule has 0 heterocycles. The molecule has 1 heteroatoms. The van der Waals surface area contributed by atoms with Gasteiger partial charge in [-0.25, -0.2) is 0 Å². The molecule has 0 bridgehead atoms. The molecule has 0 aliphatic heterocycles. The van der Waals surface area contributed by atoms with Crippen molar-refractivity contribution >= 4 is 0 Å². The van der Waals surface area contributed by atoms with Crippen LogP contribution in [0.2, 0.25) is 0 Å². The summed E-state index contributed by atoms with van der Waals surface area (Å²) in [4.78, 5) is 0. The highest BCUT2D eigenvalue weighted by Gasteiger charge is 2.43. The third-order valence-corrected chi connectivity index (χ3v) is 2.22. The summed E-state index contributed by atoms with van der Waals surface area (Å²) in [7, 11) is 0. The van der Waals surface area contributed by atoms with Gasteiger partial charge in [-0.3, -0.25) is 0 Å². The Kier molecular flexibility index (Phi) is 1.56. The highest BCUT2D eigenvalue weighted by Crippen LogP contribution is 2.52. The number of allylic oxidation sites excluding steroid dienone is 2. The van der Waals surface area contributed by atoms with Gasteiger partial charge in [0.2, 0.25) is 0 Å². The van der Waals surface area contributed by atoms with Crippen molar-refractivity contribution in [2.24, 2.45) is 11.3 Å². The SMILES string of the molecule is C/C(C#N)=C\C1CC1(C)C. The smallest absolute Gasteiger partial charge is 0.0940 e. The molecule has 1 fully saturated rings. The van der Waals surface area contributed by atoms with Gasteiger partial charge in [-0.05, 0) is 24.7 Å². The lowest BCUT2D eigenvalue weighted by Gasteiger charge is -1.95. The first kappa shape index (κ1) is 7.34. The summed E-state index contributed by atoms with van der Waals surface area (Å²) in [5.74, 6) is 0.659.